The van der Waals surface area contributed by atoms with Gasteiger partial charge in [0, 0.05) is 10.7 Å². The fourth-order valence-electron chi connectivity index (χ4n) is 2.32. The molecule has 2 aromatic rings. The third-order valence-electron chi connectivity index (χ3n) is 3.54. The van der Waals surface area contributed by atoms with E-state index < -0.39 is 33.8 Å². The van der Waals surface area contributed by atoms with Crippen LogP contribution in [0, 0.1) is 0 Å². The molecular weight excluding hydrogens is 395 g/mol. The second-order valence-corrected chi connectivity index (χ2v) is 7.52. The van der Waals surface area contributed by atoms with Crippen LogP contribution < -0.4 is 15.4 Å². The lowest BCUT2D eigenvalue weighted by atomic mass is 10.2. The first-order valence-electron chi connectivity index (χ1n) is 7.13. The van der Waals surface area contributed by atoms with Gasteiger partial charge < -0.3 is 10.6 Å². The minimum atomic E-state index is -4.65. The maximum atomic E-state index is 12.8. The van der Waals surface area contributed by atoms with E-state index in [-0.39, 0.29) is 10.6 Å². The van der Waals surface area contributed by atoms with Gasteiger partial charge in [-0.2, -0.15) is 17.9 Å². The van der Waals surface area contributed by atoms with E-state index in [0.717, 1.165) is 6.07 Å². The molecule has 6 nitrogen and oxygen atoms in total. The summed E-state index contributed by atoms with van der Waals surface area (Å²) in [6.45, 7) is 0. The lowest BCUT2D eigenvalue weighted by Crippen LogP contribution is -2.51. The molecule has 0 saturated carbocycles. The second-order valence-electron chi connectivity index (χ2n) is 5.40. The summed E-state index contributed by atoms with van der Waals surface area (Å²) in [6.07, 6.45) is -6.13. The maximum absolute atomic E-state index is 12.8. The lowest BCUT2D eigenvalue weighted by molar-refractivity contribution is -0.137. The van der Waals surface area contributed by atoms with E-state index in [4.69, 9.17) is 11.6 Å². The van der Waals surface area contributed by atoms with E-state index >= 15 is 0 Å². The van der Waals surface area contributed by atoms with Gasteiger partial charge in [0.2, 0.25) is 10.0 Å². The number of halogens is 4. The minimum Gasteiger partial charge on any atom is -0.360 e. The Morgan fingerprint density at radius 1 is 1.12 bits per heavy atom. The molecule has 0 aromatic heterocycles. The quantitative estimate of drug-likeness (QED) is 0.716. The summed E-state index contributed by atoms with van der Waals surface area (Å²) in [5.74, 6) is -0.793. The van der Waals surface area contributed by atoms with Crippen molar-refractivity contribution in [1.29, 1.82) is 0 Å². The monoisotopic (exact) mass is 405 g/mol. The average Bonchev–Trinajstić information content (AvgIpc) is 2.55. The van der Waals surface area contributed by atoms with Crippen molar-refractivity contribution in [2.24, 2.45) is 0 Å². The Kier molecular flexibility index (Phi) is 4.59. The highest BCUT2D eigenvalue weighted by molar-refractivity contribution is 7.89. The summed E-state index contributed by atoms with van der Waals surface area (Å²) < 4.78 is 65.0. The Labute approximate surface area is 151 Å². The van der Waals surface area contributed by atoms with E-state index in [1.165, 1.54) is 24.3 Å². The first-order chi connectivity index (χ1) is 12.1. The van der Waals surface area contributed by atoms with E-state index in [1.54, 1.807) is 0 Å². The highest BCUT2D eigenvalue weighted by atomic mass is 35.5. The Morgan fingerprint density at radius 3 is 2.38 bits per heavy atom. The highest BCUT2D eigenvalue weighted by Gasteiger charge is 2.37. The summed E-state index contributed by atoms with van der Waals surface area (Å²) in [7, 11) is -4.16. The van der Waals surface area contributed by atoms with Crippen molar-refractivity contribution in [2.45, 2.75) is 17.2 Å². The van der Waals surface area contributed by atoms with Crippen molar-refractivity contribution in [3.63, 3.8) is 0 Å². The van der Waals surface area contributed by atoms with Gasteiger partial charge in [-0.05, 0) is 42.5 Å². The van der Waals surface area contributed by atoms with Crippen LogP contribution in [0.15, 0.2) is 47.4 Å². The van der Waals surface area contributed by atoms with E-state index in [2.05, 4.69) is 15.4 Å². The maximum Gasteiger partial charge on any atom is 0.416 e. The van der Waals surface area contributed by atoms with Gasteiger partial charge in [-0.15, -0.1) is 0 Å². The number of benzene rings is 2. The average molecular weight is 406 g/mol. The summed E-state index contributed by atoms with van der Waals surface area (Å²) in [4.78, 5) is 11.9. The number of hydrogen-bond acceptors (Lipinski definition) is 4. The zero-order valence-corrected chi connectivity index (χ0v) is 14.3. The van der Waals surface area contributed by atoms with Crippen LogP contribution >= 0.6 is 11.6 Å². The van der Waals surface area contributed by atoms with Crippen molar-refractivity contribution < 1.29 is 26.4 Å². The van der Waals surface area contributed by atoms with E-state index in [1.807, 2.05) is 0 Å². The van der Waals surface area contributed by atoms with Crippen molar-refractivity contribution >= 4 is 38.9 Å². The molecule has 0 aliphatic carbocycles. The number of hydrogen-bond donors (Lipinski definition) is 3. The molecule has 26 heavy (non-hydrogen) atoms. The second kappa shape index (κ2) is 6.45. The highest BCUT2D eigenvalue weighted by Crippen LogP contribution is 2.35. The number of sulfonamides is 1. The molecule has 1 aliphatic rings. The molecule has 138 valence electrons. The van der Waals surface area contributed by atoms with Crippen molar-refractivity contribution in [3.8, 4) is 0 Å². The van der Waals surface area contributed by atoms with Crippen LogP contribution in [-0.4, -0.2) is 20.5 Å². The molecular formula is C15H11ClF3N3O3S. The van der Waals surface area contributed by atoms with Gasteiger partial charge in [-0.1, -0.05) is 11.6 Å². The fourth-order valence-corrected chi connectivity index (χ4v) is 3.71. The number of carbonyl (C=O) groups excluding carboxylic acids is 1. The summed E-state index contributed by atoms with van der Waals surface area (Å²) in [5, 5.41) is 5.35. The molecule has 2 aromatic carbocycles. The smallest absolute Gasteiger partial charge is 0.360 e. The van der Waals surface area contributed by atoms with Crippen molar-refractivity contribution in [3.05, 3.63) is 53.1 Å². The SMILES string of the molecule is O=C(Nc1ccc(Cl)cc1)[C@@H]1Nc2cc(C(F)(F)F)ccc2S(=O)(=O)N1. The molecule has 0 radical (unpaired) electrons. The van der Waals surface area contributed by atoms with Crippen molar-refractivity contribution in [2.75, 3.05) is 10.6 Å². The standard InChI is InChI=1S/C15H11ClF3N3O3S/c16-9-2-4-10(5-3-9)20-14(23)13-21-11-7-8(15(17,18)19)1-6-12(11)26(24,25)22-13/h1-7,13,21-22H,(H,20,23)/t13-/m1/s1. The van der Waals surface area contributed by atoms with Crippen LogP contribution in [0.3, 0.4) is 0 Å². The number of fused-ring (bicyclic) bond motifs is 1. The van der Waals surface area contributed by atoms with Crippen LogP contribution in [0.4, 0.5) is 24.5 Å². The lowest BCUT2D eigenvalue weighted by Gasteiger charge is -2.27. The number of anilines is 2. The molecule has 0 saturated heterocycles. The zero-order chi connectivity index (χ0) is 19.1. The molecule has 0 bridgehead atoms. The number of amides is 1. The number of carbonyl (C=O) groups is 1. The molecule has 0 spiro atoms. The molecule has 1 amide bonds. The van der Waals surface area contributed by atoms with Crippen LogP contribution in [0.2, 0.25) is 5.02 Å². The van der Waals surface area contributed by atoms with E-state index in [0.29, 0.717) is 22.8 Å². The minimum absolute atomic E-state index is 0.310. The topological polar surface area (TPSA) is 87.3 Å². The molecule has 1 aliphatic heterocycles. The third-order valence-corrected chi connectivity index (χ3v) is 5.28. The molecule has 3 N–H and O–H groups in total. The van der Waals surface area contributed by atoms with Gasteiger partial charge >= 0.3 is 6.18 Å². The van der Waals surface area contributed by atoms with Crippen LogP contribution in [-0.2, 0) is 21.0 Å². The number of nitrogens with one attached hydrogen (secondary N) is 3. The Bertz CT molecular complexity index is 962. The Balaban J connectivity index is 1.88. The molecule has 3 rings (SSSR count). The fraction of sp³-hybridized carbons (Fsp3) is 0.133. The Morgan fingerprint density at radius 2 is 1.77 bits per heavy atom. The van der Waals surface area contributed by atoms with Gasteiger partial charge in [-0.25, -0.2) is 8.42 Å². The van der Waals surface area contributed by atoms with Crippen LogP contribution in [0.5, 0.6) is 0 Å². The van der Waals surface area contributed by atoms with Crippen molar-refractivity contribution in [1.82, 2.24) is 4.72 Å². The third kappa shape index (κ3) is 3.76. The zero-order valence-electron chi connectivity index (χ0n) is 12.8. The predicted molar refractivity (Wildman–Crippen MR) is 89.3 cm³/mol. The van der Waals surface area contributed by atoms with Crippen LogP contribution in [0.25, 0.3) is 0 Å². The van der Waals surface area contributed by atoms with Gasteiger partial charge in [0.1, 0.15) is 4.90 Å². The molecule has 1 atom stereocenters. The number of rotatable bonds is 2. The molecule has 1 heterocycles. The summed E-state index contributed by atoms with van der Waals surface area (Å²) >= 11 is 5.73. The summed E-state index contributed by atoms with van der Waals surface area (Å²) in [6, 6.07) is 8.16. The number of alkyl halides is 3. The van der Waals surface area contributed by atoms with E-state index in [9.17, 15) is 26.4 Å². The first kappa shape index (κ1) is 18.5. The normalized spacial score (nSPS) is 18.5. The largest absolute Gasteiger partial charge is 0.416 e. The predicted octanol–water partition coefficient (Wildman–Crippen LogP) is 3.03. The van der Waals surface area contributed by atoms with Crippen LogP contribution in [0.1, 0.15) is 5.56 Å². The Hall–Kier alpha value is -2.30. The molecule has 0 fully saturated rings. The molecule has 0 unspecified atom stereocenters. The van der Waals surface area contributed by atoms with Gasteiger partial charge in [0.25, 0.3) is 5.91 Å². The summed E-state index contributed by atoms with van der Waals surface area (Å²) in [5.41, 5.74) is -0.997. The molecule has 11 heteroatoms. The van der Waals surface area contributed by atoms with Gasteiger partial charge in [-0.3, -0.25) is 4.79 Å². The van der Waals surface area contributed by atoms with Gasteiger partial charge in [0.15, 0.2) is 6.17 Å². The van der Waals surface area contributed by atoms with Gasteiger partial charge in [0.05, 0.1) is 11.3 Å². The first-order valence-corrected chi connectivity index (χ1v) is 8.99.